The summed E-state index contributed by atoms with van der Waals surface area (Å²) in [4.78, 5) is 30.0. The maximum Gasteiger partial charge on any atom is 0.250 e. The number of piperidine rings is 1. The third kappa shape index (κ3) is 7.44. The molecule has 31 heavy (non-hydrogen) atoms. The molecule has 0 aromatic carbocycles. The maximum atomic E-state index is 13.3. The van der Waals surface area contributed by atoms with Gasteiger partial charge in [0, 0.05) is 22.7 Å². The first-order valence-electron chi connectivity index (χ1n) is 12.9. The third-order valence-electron chi connectivity index (χ3n) is 7.72. The van der Waals surface area contributed by atoms with Gasteiger partial charge in [-0.2, -0.15) is 0 Å². The van der Waals surface area contributed by atoms with E-state index in [1.54, 1.807) is 6.08 Å². The molecule has 0 aromatic rings. The molecule has 1 saturated heterocycles. The summed E-state index contributed by atoms with van der Waals surface area (Å²) in [6, 6.07) is 0.133. The minimum Gasteiger partial charge on any atom is -0.328 e. The van der Waals surface area contributed by atoms with Crippen LogP contribution in [0.5, 0.6) is 0 Å². The molecule has 2 rings (SSSR count). The number of carbonyl (C=O) groups excluding carboxylic acids is 2. The van der Waals surface area contributed by atoms with E-state index < -0.39 is 0 Å². The molecule has 0 N–H and O–H groups in total. The lowest BCUT2D eigenvalue weighted by Crippen LogP contribution is -2.64. The van der Waals surface area contributed by atoms with Crippen molar-refractivity contribution < 1.29 is 9.59 Å². The Morgan fingerprint density at radius 2 is 1.32 bits per heavy atom. The fourth-order valence-corrected chi connectivity index (χ4v) is 5.54. The van der Waals surface area contributed by atoms with E-state index in [-0.39, 0.29) is 35.4 Å². The number of nitrogens with zero attached hydrogens (tertiary/aromatic N) is 2. The Morgan fingerprint density at radius 1 is 0.839 bits per heavy atom. The van der Waals surface area contributed by atoms with Gasteiger partial charge in [-0.15, -0.1) is 0 Å². The monoisotopic (exact) mass is 432 g/mol. The van der Waals surface area contributed by atoms with Crippen molar-refractivity contribution in [2.24, 2.45) is 0 Å². The Morgan fingerprint density at radius 3 is 1.84 bits per heavy atom. The van der Waals surface area contributed by atoms with E-state index in [0.29, 0.717) is 0 Å². The van der Waals surface area contributed by atoms with Crippen LogP contribution in [0, 0.1) is 0 Å². The summed E-state index contributed by atoms with van der Waals surface area (Å²) in [6.07, 6.45) is 17.0. The number of unbranched alkanes of at least 4 members (excludes halogenated alkanes) is 9. The average molecular weight is 433 g/mol. The third-order valence-corrected chi connectivity index (χ3v) is 7.72. The van der Waals surface area contributed by atoms with Gasteiger partial charge in [0.2, 0.25) is 0 Å². The number of ketones is 1. The van der Waals surface area contributed by atoms with Gasteiger partial charge in [0.15, 0.2) is 5.78 Å². The zero-order valence-corrected chi connectivity index (χ0v) is 21.3. The first-order valence-corrected chi connectivity index (χ1v) is 12.9. The quantitative estimate of drug-likeness (QED) is 0.340. The van der Waals surface area contributed by atoms with Gasteiger partial charge in [0.25, 0.3) is 5.91 Å². The SMILES string of the molecule is CCCCCCCCCCCCC1=CC(=O)CN(C2CC(C)(C)N(C)C(C)(C)C2)C1=O. The standard InChI is InChI=1S/C27H48N2O2/c1-7-8-9-10-11-12-13-14-15-16-17-22-18-24(30)21-29(25(22)31)23-19-26(2,3)28(6)27(4,5)20-23/h18,23H,7-17,19-21H2,1-6H3. The second-order valence-corrected chi connectivity index (χ2v) is 11.2. The van der Waals surface area contributed by atoms with Crippen LogP contribution in [0.4, 0.5) is 0 Å². The van der Waals surface area contributed by atoms with Crippen LogP contribution in [0.15, 0.2) is 11.6 Å². The summed E-state index contributed by atoms with van der Waals surface area (Å²) in [5.41, 5.74) is 0.756. The van der Waals surface area contributed by atoms with Crippen molar-refractivity contribution in [1.29, 1.82) is 0 Å². The minimum absolute atomic E-state index is 0.00755. The van der Waals surface area contributed by atoms with E-state index in [1.165, 1.54) is 51.4 Å². The van der Waals surface area contributed by atoms with E-state index in [4.69, 9.17) is 0 Å². The van der Waals surface area contributed by atoms with Gasteiger partial charge < -0.3 is 4.90 Å². The van der Waals surface area contributed by atoms with Gasteiger partial charge in [-0.25, -0.2) is 0 Å². The number of hydrogen-bond acceptors (Lipinski definition) is 3. The first kappa shape index (κ1) is 26.1. The summed E-state index contributed by atoms with van der Waals surface area (Å²) in [6.45, 7) is 11.5. The number of likely N-dealkylation sites (tertiary alicyclic amines) is 1. The lowest BCUT2D eigenvalue weighted by molar-refractivity contribution is -0.139. The second kappa shape index (κ2) is 11.6. The molecular formula is C27H48N2O2. The fourth-order valence-electron chi connectivity index (χ4n) is 5.54. The summed E-state index contributed by atoms with van der Waals surface area (Å²) < 4.78 is 0. The second-order valence-electron chi connectivity index (χ2n) is 11.2. The van der Waals surface area contributed by atoms with Gasteiger partial charge in [0.05, 0.1) is 6.54 Å². The Hall–Kier alpha value is -1.16. The van der Waals surface area contributed by atoms with Crippen molar-refractivity contribution in [3.63, 3.8) is 0 Å². The van der Waals surface area contributed by atoms with Crippen LogP contribution in [0.2, 0.25) is 0 Å². The van der Waals surface area contributed by atoms with Crippen LogP contribution in [-0.4, -0.2) is 52.2 Å². The minimum atomic E-state index is 0.00755. The molecule has 1 fully saturated rings. The first-order chi connectivity index (χ1) is 14.6. The maximum absolute atomic E-state index is 13.3. The molecule has 0 aliphatic carbocycles. The molecule has 4 heteroatoms. The zero-order chi connectivity index (χ0) is 23.1. The van der Waals surface area contributed by atoms with Crippen molar-refractivity contribution >= 4 is 11.7 Å². The van der Waals surface area contributed by atoms with Crippen LogP contribution in [-0.2, 0) is 9.59 Å². The smallest absolute Gasteiger partial charge is 0.250 e. The highest BCUT2D eigenvalue weighted by Gasteiger charge is 2.46. The molecule has 0 atom stereocenters. The van der Waals surface area contributed by atoms with E-state index in [0.717, 1.165) is 37.7 Å². The Kier molecular flexibility index (Phi) is 9.79. The fraction of sp³-hybridized carbons (Fsp3) is 0.852. The largest absolute Gasteiger partial charge is 0.328 e. The van der Waals surface area contributed by atoms with E-state index in [9.17, 15) is 9.59 Å². The van der Waals surface area contributed by atoms with Gasteiger partial charge in [-0.3, -0.25) is 14.5 Å². The number of hydrogen-bond donors (Lipinski definition) is 0. The highest BCUT2D eigenvalue weighted by molar-refractivity contribution is 6.07. The Labute approximate surface area is 191 Å². The van der Waals surface area contributed by atoms with Crippen molar-refractivity contribution in [2.75, 3.05) is 13.6 Å². The lowest BCUT2D eigenvalue weighted by Gasteiger charge is -2.55. The van der Waals surface area contributed by atoms with Crippen molar-refractivity contribution in [2.45, 2.75) is 135 Å². The van der Waals surface area contributed by atoms with Crippen LogP contribution in [0.3, 0.4) is 0 Å². The average Bonchev–Trinajstić information content (AvgIpc) is 2.69. The zero-order valence-electron chi connectivity index (χ0n) is 21.3. The number of rotatable bonds is 12. The van der Waals surface area contributed by atoms with Crippen molar-refractivity contribution in [1.82, 2.24) is 9.80 Å². The highest BCUT2D eigenvalue weighted by Crippen LogP contribution is 2.39. The van der Waals surface area contributed by atoms with Crippen LogP contribution in [0.25, 0.3) is 0 Å². The van der Waals surface area contributed by atoms with Gasteiger partial charge in [-0.1, -0.05) is 64.7 Å². The van der Waals surface area contributed by atoms with Crippen molar-refractivity contribution in [3.05, 3.63) is 11.6 Å². The van der Waals surface area contributed by atoms with E-state index >= 15 is 0 Å². The van der Waals surface area contributed by atoms with E-state index in [1.807, 2.05) is 4.90 Å². The molecular weight excluding hydrogens is 384 g/mol. The summed E-state index contributed by atoms with van der Waals surface area (Å²) in [7, 11) is 2.18. The highest BCUT2D eigenvalue weighted by atomic mass is 16.2. The molecule has 4 nitrogen and oxygen atoms in total. The molecule has 0 unspecified atom stereocenters. The van der Waals surface area contributed by atoms with Crippen LogP contribution in [0.1, 0.15) is 118 Å². The molecule has 2 aliphatic heterocycles. The normalized spacial score (nSPS) is 22.1. The summed E-state index contributed by atoms with van der Waals surface area (Å²) in [5, 5.41) is 0. The molecule has 0 aromatic heterocycles. The molecule has 1 amide bonds. The van der Waals surface area contributed by atoms with Crippen LogP contribution < -0.4 is 0 Å². The van der Waals surface area contributed by atoms with E-state index in [2.05, 4.69) is 46.6 Å². The van der Waals surface area contributed by atoms with Crippen molar-refractivity contribution in [3.8, 4) is 0 Å². The van der Waals surface area contributed by atoms with Gasteiger partial charge in [-0.05, 0) is 66.5 Å². The molecule has 0 spiro atoms. The van der Waals surface area contributed by atoms with Gasteiger partial charge >= 0.3 is 0 Å². The Balaban J connectivity index is 1.80. The van der Waals surface area contributed by atoms with Crippen LogP contribution >= 0.6 is 0 Å². The summed E-state index contributed by atoms with van der Waals surface area (Å²) >= 11 is 0. The van der Waals surface area contributed by atoms with Gasteiger partial charge in [0.1, 0.15) is 0 Å². The lowest BCUT2D eigenvalue weighted by atomic mass is 9.76. The predicted octanol–water partition coefficient (Wildman–Crippen LogP) is 6.29. The summed E-state index contributed by atoms with van der Waals surface area (Å²) in [5.74, 6) is 0.202. The number of amides is 1. The molecule has 2 aliphatic rings. The molecule has 0 saturated carbocycles. The topological polar surface area (TPSA) is 40.6 Å². The molecule has 178 valence electrons. The Bertz CT molecular complexity index is 617. The molecule has 0 radical (unpaired) electrons. The number of carbonyl (C=O) groups is 2. The molecule has 2 heterocycles. The molecule has 0 bridgehead atoms. The predicted molar refractivity (Wildman–Crippen MR) is 130 cm³/mol.